The van der Waals surface area contributed by atoms with Gasteiger partial charge in [0.25, 0.3) is 0 Å². The van der Waals surface area contributed by atoms with Crippen LogP contribution in [0.2, 0.25) is 0 Å². The van der Waals surface area contributed by atoms with Crippen molar-refractivity contribution >= 4 is 5.96 Å². The molecule has 0 spiro atoms. The molecular weight excluding hydrogens is 192 g/mol. The second-order valence-corrected chi connectivity index (χ2v) is 3.85. The summed E-state index contributed by atoms with van der Waals surface area (Å²) in [7, 11) is 0. The number of aliphatic imine (C=N–C) groups is 1. The fraction of sp³-hybridized carbons (Fsp3) is 0.600. The Labute approximate surface area is 88.9 Å². The number of rotatable bonds is 3. The first-order valence-electron chi connectivity index (χ1n) is 5.21. The van der Waals surface area contributed by atoms with E-state index in [2.05, 4.69) is 27.7 Å². The van der Waals surface area contributed by atoms with E-state index in [1.54, 1.807) is 0 Å². The molecule has 1 aliphatic rings. The highest BCUT2D eigenvalue weighted by Crippen LogP contribution is 2.02. The van der Waals surface area contributed by atoms with E-state index >= 15 is 0 Å². The lowest BCUT2D eigenvalue weighted by molar-refractivity contribution is 0.379. The lowest BCUT2D eigenvalue weighted by Crippen LogP contribution is -2.38. The van der Waals surface area contributed by atoms with Crippen molar-refractivity contribution < 1.29 is 4.52 Å². The first-order valence-corrected chi connectivity index (χ1v) is 5.21. The van der Waals surface area contributed by atoms with Crippen molar-refractivity contribution in [1.29, 1.82) is 0 Å². The van der Waals surface area contributed by atoms with Crippen LogP contribution in [-0.4, -0.2) is 30.2 Å². The largest absolute Gasteiger partial charge is 0.361 e. The zero-order chi connectivity index (χ0) is 10.7. The monoisotopic (exact) mass is 208 g/mol. The maximum absolute atomic E-state index is 5.10. The third kappa shape index (κ3) is 2.71. The molecule has 2 N–H and O–H groups in total. The van der Waals surface area contributed by atoms with E-state index in [1.807, 2.05) is 13.0 Å². The Morgan fingerprint density at radius 2 is 2.53 bits per heavy atom. The molecule has 0 aliphatic carbocycles. The van der Waals surface area contributed by atoms with E-state index in [0.717, 1.165) is 36.9 Å². The molecule has 82 valence electrons. The Kier molecular flexibility index (Phi) is 2.89. The number of aromatic nitrogens is 1. The molecule has 1 aliphatic heterocycles. The average molecular weight is 208 g/mol. The maximum atomic E-state index is 5.10. The van der Waals surface area contributed by atoms with Crippen molar-refractivity contribution in [1.82, 2.24) is 15.8 Å². The second kappa shape index (κ2) is 4.33. The molecule has 0 fully saturated rings. The SMILES string of the molecule is Cc1cc(CCNC2=NCC(C)N2)on1. The standard InChI is InChI=1S/C10H16N4O/c1-7-5-9(15-14-7)3-4-11-10-12-6-8(2)13-10/h5,8H,3-4,6H2,1-2H3,(H2,11,12,13). The summed E-state index contributed by atoms with van der Waals surface area (Å²) in [6.45, 7) is 5.69. The molecular formula is C10H16N4O. The van der Waals surface area contributed by atoms with E-state index in [4.69, 9.17) is 4.52 Å². The molecule has 1 aromatic heterocycles. The van der Waals surface area contributed by atoms with Gasteiger partial charge in [0, 0.05) is 25.1 Å². The van der Waals surface area contributed by atoms with Crippen LogP contribution in [0.4, 0.5) is 0 Å². The van der Waals surface area contributed by atoms with Crippen LogP contribution >= 0.6 is 0 Å². The van der Waals surface area contributed by atoms with E-state index < -0.39 is 0 Å². The Morgan fingerprint density at radius 3 is 3.13 bits per heavy atom. The van der Waals surface area contributed by atoms with Crippen LogP contribution in [-0.2, 0) is 6.42 Å². The Bertz CT molecular complexity index is 358. The molecule has 0 radical (unpaired) electrons. The summed E-state index contributed by atoms with van der Waals surface area (Å²) in [5.41, 5.74) is 0.926. The van der Waals surface area contributed by atoms with Gasteiger partial charge < -0.3 is 15.2 Å². The number of nitrogens with zero attached hydrogens (tertiary/aromatic N) is 2. The lowest BCUT2D eigenvalue weighted by Gasteiger charge is -2.07. The van der Waals surface area contributed by atoms with Crippen molar-refractivity contribution in [3.05, 3.63) is 17.5 Å². The minimum Gasteiger partial charge on any atom is -0.361 e. The van der Waals surface area contributed by atoms with Gasteiger partial charge in [0.1, 0.15) is 5.76 Å². The van der Waals surface area contributed by atoms with E-state index in [9.17, 15) is 0 Å². The van der Waals surface area contributed by atoms with Crippen molar-refractivity contribution in [3.8, 4) is 0 Å². The molecule has 5 heteroatoms. The molecule has 1 atom stereocenters. The summed E-state index contributed by atoms with van der Waals surface area (Å²) in [6, 6.07) is 2.40. The predicted molar refractivity (Wildman–Crippen MR) is 57.8 cm³/mol. The molecule has 2 rings (SSSR count). The van der Waals surface area contributed by atoms with Crippen molar-refractivity contribution in [2.24, 2.45) is 4.99 Å². The molecule has 1 aromatic rings. The number of nitrogens with one attached hydrogen (secondary N) is 2. The highest BCUT2D eigenvalue weighted by atomic mass is 16.5. The summed E-state index contributed by atoms with van der Waals surface area (Å²) >= 11 is 0. The van der Waals surface area contributed by atoms with Crippen LogP contribution in [0.25, 0.3) is 0 Å². The second-order valence-electron chi connectivity index (χ2n) is 3.85. The zero-order valence-corrected chi connectivity index (χ0v) is 9.08. The Morgan fingerprint density at radius 1 is 1.67 bits per heavy atom. The first-order chi connectivity index (χ1) is 7.24. The summed E-state index contributed by atoms with van der Waals surface area (Å²) in [6.07, 6.45) is 0.829. The number of guanidine groups is 1. The lowest BCUT2D eigenvalue weighted by atomic mass is 10.3. The van der Waals surface area contributed by atoms with E-state index in [-0.39, 0.29) is 0 Å². The highest BCUT2D eigenvalue weighted by molar-refractivity contribution is 5.81. The van der Waals surface area contributed by atoms with Gasteiger partial charge in [0.05, 0.1) is 12.2 Å². The van der Waals surface area contributed by atoms with Crippen LogP contribution in [0.1, 0.15) is 18.4 Å². The molecule has 1 unspecified atom stereocenters. The van der Waals surface area contributed by atoms with Gasteiger partial charge in [0.15, 0.2) is 5.96 Å². The van der Waals surface area contributed by atoms with Gasteiger partial charge in [-0.25, -0.2) is 0 Å². The molecule has 2 heterocycles. The normalized spacial score (nSPS) is 19.9. The molecule has 0 saturated heterocycles. The van der Waals surface area contributed by atoms with Crippen LogP contribution in [0, 0.1) is 6.92 Å². The number of aryl methyl sites for hydroxylation is 1. The van der Waals surface area contributed by atoms with Gasteiger partial charge in [-0.15, -0.1) is 0 Å². The molecule has 0 bridgehead atoms. The van der Waals surface area contributed by atoms with E-state index in [1.165, 1.54) is 0 Å². The highest BCUT2D eigenvalue weighted by Gasteiger charge is 2.11. The van der Waals surface area contributed by atoms with Crippen LogP contribution in [0.15, 0.2) is 15.6 Å². The van der Waals surface area contributed by atoms with Gasteiger partial charge in [-0.2, -0.15) is 0 Å². The minimum atomic E-state index is 0.444. The Balaban J connectivity index is 1.71. The van der Waals surface area contributed by atoms with Crippen LogP contribution < -0.4 is 10.6 Å². The van der Waals surface area contributed by atoms with Crippen molar-refractivity contribution in [3.63, 3.8) is 0 Å². The Hall–Kier alpha value is -1.52. The quantitative estimate of drug-likeness (QED) is 0.757. The summed E-state index contributed by atoms with van der Waals surface area (Å²) in [4.78, 5) is 4.30. The van der Waals surface area contributed by atoms with Gasteiger partial charge in [-0.05, 0) is 13.8 Å². The average Bonchev–Trinajstić information content (AvgIpc) is 2.76. The van der Waals surface area contributed by atoms with Crippen LogP contribution in [0.3, 0.4) is 0 Å². The number of hydrogen-bond donors (Lipinski definition) is 2. The van der Waals surface area contributed by atoms with E-state index in [0.29, 0.717) is 6.04 Å². The molecule has 0 aromatic carbocycles. The van der Waals surface area contributed by atoms with Gasteiger partial charge in [-0.3, -0.25) is 4.99 Å². The number of hydrogen-bond acceptors (Lipinski definition) is 5. The molecule has 15 heavy (non-hydrogen) atoms. The van der Waals surface area contributed by atoms with Crippen molar-refractivity contribution in [2.45, 2.75) is 26.3 Å². The molecule has 5 nitrogen and oxygen atoms in total. The third-order valence-electron chi connectivity index (χ3n) is 2.25. The predicted octanol–water partition coefficient (Wildman–Crippen LogP) is 0.463. The smallest absolute Gasteiger partial charge is 0.191 e. The van der Waals surface area contributed by atoms with Crippen molar-refractivity contribution in [2.75, 3.05) is 13.1 Å². The third-order valence-corrected chi connectivity index (χ3v) is 2.25. The summed E-state index contributed by atoms with van der Waals surface area (Å²) < 4.78 is 5.10. The zero-order valence-electron chi connectivity index (χ0n) is 9.08. The molecule has 0 saturated carbocycles. The fourth-order valence-corrected chi connectivity index (χ4v) is 1.50. The summed E-state index contributed by atoms with van der Waals surface area (Å²) in [5.74, 6) is 1.80. The van der Waals surface area contributed by atoms with Gasteiger partial charge >= 0.3 is 0 Å². The fourth-order valence-electron chi connectivity index (χ4n) is 1.50. The van der Waals surface area contributed by atoms with Gasteiger partial charge in [-0.1, -0.05) is 5.16 Å². The first kappa shape index (κ1) is 10.0. The maximum Gasteiger partial charge on any atom is 0.191 e. The van der Waals surface area contributed by atoms with Gasteiger partial charge in [0.2, 0.25) is 0 Å². The summed E-state index contributed by atoms with van der Waals surface area (Å²) in [5, 5.41) is 10.3. The topological polar surface area (TPSA) is 62.5 Å². The molecule has 0 amide bonds. The minimum absolute atomic E-state index is 0.444. The van der Waals surface area contributed by atoms with Crippen LogP contribution in [0.5, 0.6) is 0 Å².